The van der Waals surface area contributed by atoms with Crippen molar-refractivity contribution in [3.05, 3.63) is 34.1 Å². The SMILES string of the molecule is CC(C)(N)C1(c2cc(F)ccc2Br)CC1. The molecule has 0 spiro atoms. The first-order chi connectivity index (χ1) is 6.87. The van der Waals surface area contributed by atoms with Gasteiger partial charge in [0.05, 0.1) is 0 Å². The predicted octanol–water partition coefficient (Wildman–Crippen LogP) is 3.36. The van der Waals surface area contributed by atoms with E-state index in [1.165, 1.54) is 6.07 Å². The molecule has 0 radical (unpaired) electrons. The highest BCUT2D eigenvalue weighted by molar-refractivity contribution is 9.10. The first kappa shape index (κ1) is 11.1. The van der Waals surface area contributed by atoms with Crippen LogP contribution in [0.4, 0.5) is 4.39 Å². The normalized spacial score (nSPS) is 19.0. The summed E-state index contributed by atoms with van der Waals surface area (Å²) in [5.41, 5.74) is 6.84. The van der Waals surface area contributed by atoms with Gasteiger partial charge in [-0.3, -0.25) is 0 Å². The summed E-state index contributed by atoms with van der Waals surface area (Å²) in [7, 11) is 0. The summed E-state index contributed by atoms with van der Waals surface area (Å²) in [6, 6.07) is 4.83. The average molecular weight is 272 g/mol. The van der Waals surface area contributed by atoms with Crippen molar-refractivity contribution in [3.8, 4) is 0 Å². The van der Waals surface area contributed by atoms with Crippen LogP contribution in [-0.2, 0) is 5.41 Å². The minimum atomic E-state index is -0.302. The zero-order valence-corrected chi connectivity index (χ0v) is 10.6. The molecule has 1 aliphatic rings. The Bertz CT molecular complexity index is 391. The number of nitrogens with two attached hydrogens (primary N) is 1. The van der Waals surface area contributed by atoms with E-state index in [2.05, 4.69) is 15.9 Å². The molecule has 0 saturated heterocycles. The van der Waals surface area contributed by atoms with Gasteiger partial charge in [-0.15, -0.1) is 0 Å². The molecular formula is C12H15BrFN. The molecule has 82 valence electrons. The Kier molecular flexibility index (Phi) is 2.43. The Labute approximate surface area is 98.0 Å². The van der Waals surface area contributed by atoms with Gasteiger partial charge in [0.25, 0.3) is 0 Å². The van der Waals surface area contributed by atoms with Crippen LogP contribution in [0.2, 0.25) is 0 Å². The Hall–Kier alpha value is -0.410. The van der Waals surface area contributed by atoms with Gasteiger partial charge < -0.3 is 5.73 Å². The van der Waals surface area contributed by atoms with E-state index in [0.717, 1.165) is 22.9 Å². The van der Waals surface area contributed by atoms with E-state index in [1.807, 2.05) is 13.8 Å². The largest absolute Gasteiger partial charge is 0.325 e. The van der Waals surface area contributed by atoms with E-state index in [9.17, 15) is 4.39 Å². The highest BCUT2D eigenvalue weighted by Gasteiger charge is 2.54. The van der Waals surface area contributed by atoms with Crippen LogP contribution in [-0.4, -0.2) is 5.54 Å². The molecule has 0 amide bonds. The molecule has 2 rings (SSSR count). The van der Waals surface area contributed by atoms with E-state index in [-0.39, 0.29) is 16.8 Å². The van der Waals surface area contributed by atoms with E-state index >= 15 is 0 Å². The molecule has 0 bridgehead atoms. The summed E-state index contributed by atoms with van der Waals surface area (Å²) >= 11 is 3.48. The van der Waals surface area contributed by atoms with Crippen LogP contribution in [0.25, 0.3) is 0 Å². The molecule has 15 heavy (non-hydrogen) atoms. The highest BCUT2D eigenvalue weighted by atomic mass is 79.9. The van der Waals surface area contributed by atoms with Gasteiger partial charge in [0.1, 0.15) is 5.82 Å². The van der Waals surface area contributed by atoms with Gasteiger partial charge in [-0.05, 0) is 50.5 Å². The molecule has 0 atom stereocenters. The minimum Gasteiger partial charge on any atom is -0.325 e. The molecule has 2 N–H and O–H groups in total. The quantitative estimate of drug-likeness (QED) is 0.877. The third-order valence-corrected chi connectivity index (χ3v) is 4.12. The van der Waals surface area contributed by atoms with E-state index in [4.69, 9.17) is 5.73 Å². The molecule has 0 aromatic heterocycles. The van der Waals surface area contributed by atoms with Crippen molar-refractivity contribution >= 4 is 15.9 Å². The molecule has 1 saturated carbocycles. The zero-order valence-electron chi connectivity index (χ0n) is 8.98. The summed E-state index contributed by atoms with van der Waals surface area (Å²) in [4.78, 5) is 0. The third kappa shape index (κ3) is 1.72. The first-order valence-electron chi connectivity index (χ1n) is 5.11. The smallest absolute Gasteiger partial charge is 0.123 e. The second-order valence-corrected chi connectivity index (χ2v) is 5.78. The van der Waals surface area contributed by atoms with Crippen molar-refractivity contribution in [2.24, 2.45) is 5.73 Å². The Morgan fingerprint density at radius 3 is 2.47 bits per heavy atom. The summed E-state index contributed by atoms with van der Waals surface area (Å²) in [5, 5.41) is 0. The van der Waals surface area contributed by atoms with Crippen LogP contribution in [0.5, 0.6) is 0 Å². The lowest BCUT2D eigenvalue weighted by Gasteiger charge is -2.32. The molecule has 1 aromatic rings. The van der Waals surface area contributed by atoms with Crippen molar-refractivity contribution in [1.82, 2.24) is 0 Å². The topological polar surface area (TPSA) is 26.0 Å². The van der Waals surface area contributed by atoms with Crippen LogP contribution in [0.1, 0.15) is 32.3 Å². The van der Waals surface area contributed by atoms with Crippen molar-refractivity contribution in [2.75, 3.05) is 0 Å². The second-order valence-electron chi connectivity index (χ2n) is 4.93. The second kappa shape index (κ2) is 3.29. The fraction of sp³-hybridized carbons (Fsp3) is 0.500. The lowest BCUT2D eigenvalue weighted by atomic mass is 9.79. The maximum Gasteiger partial charge on any atom is 0.123 e. The molecule has 0 unspecified atom stereocenters. The molecule has 1 aromatic carbocycles. The van der Waals surface area contributed by atoms with Gasteiger partial charge >= 0.3 is 0 Å². The maximum atomic E-state index is 13.2. The van der Waals surface area contributed by atoms with E-state index in [1.54, 1.807) is 12.1 Å². The number of halogens is 2. The van der Waals surface area contributed by atoms with Gasteiger partial charge in [0.15, 0.2) is 0 Å². The number of hydrogen-bond acceptors (Lipinski definition) is 1. The van der Waals surface area contributed by atoms with Gasteiger partial charge in [-0.25, -0.2) is 4.39 Å². The summed E-state index contributed by atoms with van der Waals surface area (Å²) in [5.74, 6) is -0.191. The van der Waals surface area contributed by atoms with Crippen LogP contribution < -0.4 is 5.73 Å². The number of benzene rings is 1. The van der Waals surface area contributed by atoms with Crippen molar-refractivity contribution in [3.63, 3.8) is 0 Å². The molecule has 1 aliphatic carbocycles. The van der Waals surface area contributed by atoms with Crippen LogP contribution in [0, 0.1) is 5.82 Å². The highest BCUT2D eigenvalue weighted by Crippen LogP contribution is 2.56. The fourth-order valence-corrected chi connectivity index (χ4v) is 2.88. The van der Waals surface area contributed by atoms with Gasteiger partial charge in [0, 0.05) is 15.4 Å². The summed E-state index contributed by atoms with van der Waals surface area (Å²) in [6.45, 7) is 4.02. The molecule has 1 nitrogen and oxygen atoms in total. The van der Waals surface area contributed by atoms with E-state index < -0.39 is 0 Å². The zero-order chi connectivity index (χ0) is 11.3. The average Bonchev–Trinajstić information content (AvgIpc) is 2.88. The van der Waals surface area contributed by atoms with Crippen molar-refractivity contribution in [1.29, 1.82) is 0 Å². The summed E-state index contributed by atoms with van der Waals surface area (Å²) in [6.07, 6.45) is 2.08. The molecule has 1 fully saturated rings. The molecule has 0 heterocycles. The van der Waals surface area contributed by atoms with Crippen LogP contribution in [0.3, 0.4) is 0 Å². The summed E-state index contributed by atoms with van der Waals surface area (Å²) < 4.78 is 14.2. The van der Waals surface area contributed by atoms with Crippen LogP contribution >= 0.6 is 15.9 Å². The Morgan fingerprint density at radius 2 is 2.00 bits per heavy atom. The number of hydrogen-bond donors (Lipinski definition) is 1. The van der Waals surface area contributed by atoms with Crippen molar-refractivity contribution < 1.29 is 4.39 Å². The predicted molar refractivity (Wildman–Crippen MR) is 63.3 cm³/mol. The lowest BCUT2D eigenvalue weighted by molar-refractivity contribution is 0.389. The van der Waals surface area contributed by atoms with Crippen LogP contribution in [0.15, 0.2) is 22.7 Å². The Balaban J connectivity index is 2.50. The standard InChI is InChI=1S/C12H15BrFN/c1-11(2,15)12(5-6-12)9-7-8(14)3-4-10(9)13/h3-4,7H,5-6,15H2,1-2H3. The fourth-order valence-electron chi connectivity index (χ4n) is 2.25. The monoisotopic (exact) mass is 271 g/mol. The molecule has 0 aliphatic heterocycles. The van der Waals surface area contributed by atoms with Gasteiger partial charge in [0.2, 0.25) is 0 Å². The third-order valence-electron chi connectivity index (χ3n) is 3.43. The van der Waals surface area contributed by atoms with Gasteiger partial charge in [-0.2, -0.15) is 0 Å². The first-order valence-corrected chi connectivity index (χ1v) is 5.90. The Morgan fingerprint density at radius 1 is 1.40 bits per heavy atom. The van der Waals surface area contributed by atoms with Crippen molar-refractivity contribution in [2.45, 2.75) is 37.6 Å². The molecular weight excluding hydrogens is 257 g/mol. The van der Waals surface area contributed by atoms with Gasteiger partial charge in [-0.1, -0.05) is 15.9 Å². The maximum absolute atomic E-state index is 13.2. The lowest BCUT2D eigenvalue weighted by Crippen LogP contribution is -2.45. The number of rotatable bonds is 2. The molecule has 3 heteroatoms. The van der Waals surface area contributed by atoms with E-state index in [0.29, 0.717) is 0 Å². The minimum absolute atomic E-state index is 0.0477.